The lowest BCUT2D eigenvalue weighted by atomic mass is 9.90. The van der Waals surface area contributed by atoms with Crippen molar-refractivity contribution in [2.45, 2.75) is 51.6 Å². The maximum Gasteiger partial charge on any atom is 0.237 e. The second-order valence-electron chi connectivity index (χ2n) is 6.05. The molecule has 3 unspecified atom stereocenters. The summed E-state index contributed by atoms with van der Waals surface area (Å²) in [7, 11) is 0. The minimum absolute atomic E-state index is 0.0479. The molecule has 1 aromatic carbocycles. The molecule has 1 aliphatic heterocycles. The summed E-state index contributed by atoms with van der Waals surface area (Å²) in [5, 5.41) is 6.36. The van der Waals surface area contributed by atoms with Crippen LogP contribution in [0.3, 0.4) is 0 Å². The molecule has 1 fully saturated rings. The van der Waals surface area contributed by atoms with Gasteiger partial charge in [0.05, 0.1) is 6.04 Å². The van der Waals surface area contributed by atoms with Crippen molar-refractivity contribution in [2.24, 2.45) is 5.92 Å². The maximum absolute atomic E-state index is 12.9. The van der Waals surface area contributed by atoms with E-state index in [0.29, 0.717) is 5.92 Å². The van der Waals surface area contributed by atoms with Gasteiger partial charge >= 0.3 is 0 Å². The number of halogens is 1. The number of nitrogens with one attached hydrogen (secondary N) is 2. The quantitative estimate of drug-likeness (QED) is 0.876. The fourth-order valence-electron chi connectivity index (χ4n) is 2.94. The van der Waals surface area contributed by atoms with Gasteiger partial charge in [-0.3, -0.25) is 4.79 Å². The van der Waals surface area contributed by atoms with E-state index in [1.165, 1.54) is 12.1 Å². The highest BCUT2D eigenvalue weighted by Gasteiger charge is 2.26. The van der Waals surface area contributed by atoms with E-state index in [0.717, 1.165) is 37.8 Å². The van der Waals surface area contributed by atoms with Crippen LogP contribution < -0.4 is 10.6 Å². The molecule has 3 atom stereocenters. The largest absolute Gasteiger partial charge is 0.352 e. The van der Waals surface area contributed by atoms with Gasteiger partial charge in [0.25, 0.3) is 0 Å². The first-order valence-corrected chi connectivity index (χ1v) is 7.86. The third kappa shape index (κ3) is 4.81. The Morgan fingerprint density at radius 2 is 2.14 bits per heavy atom. The van der Waals surface area contributed by atoms with Gasteiger partial charge in [0.15, 0.2) is 0 Å². The molecule has 0 aliphatic carbocycles. The lowest BCUT2D eigenvalue weighted by molar-refractivity contribution is -0.124. The smallest absolute Gasteiger partial charge is 0.237 e. The Bertz CT molecular complexity index is 460. The van der Waals surface area contributed by atoms with Crippen LogP contribution in [-0.4, -0.2) is 24.5 Å². The van der Waals surface area contributed by atoms with E-state index in [9.17, 15) is 9.18 Å². The molecule has 2 rings (SSSR count). The van der Waals surface area contributed by atoms with Gasteiger partial charge < -0.3 is 10.6 Å². The average Bonchev–Trinajstić information content (AvgIpc) is 2.49. The summed E-state index contributed by atoms with van der Waals surface area (Å²) in [6.07, 6.45) is 3.93. The molecule has 0 radical (unpaired) electrons. The molecule has 1 aliphatic rings. The standard InChI is InChI=1S/C17H25FN2O/c1-3-13-8-9-19-16(11-13)17(21)20-12(2)10-14-4-6-15(18)7-5-14/h4-7,12-13,16,19H,3,8-11H2,1-2H3,(H,20,21). The molecule has 21 heavy (non-hydrogen) atoms. The second kappa shape index (κ2) is 7.55. The SMILES string of the molecule is CCC1CCNC(C(=O)NC(C)Cc2ccc(F)cc2)C1. The number of amides is 1. The average molecular weight is 292 g/mol. The normalized spacial score (nSPS) is 23.6. The summed E-state index contributed by atoms with van der Waals surface area (Å²) in [6.45, 7) is 5.09. The minimum Gasteiger partial charge on any atom is -0.352 e. The maximum atomic E-state index is 12.9. The van der Waals surface area contributed by atoms with Crippen molar-refractivity contribution >= 4 is 5.91 Å². The van der Waals surface area contributed by atoms with Crippen molar-refractivity contribution in [2.75, 3.05) is 6.54 Å². The Morgan fingerprint density at radius 3 is 2.81 bits per heavy atom. The molecule has 116 valence electrons. The van der Waals surface area contributed by atoms with Crippen LogP contribution in [0.4, 0.5) is 4.39 Å². The summed E-state index contributed by atoms with van der Waals surface area (Å²) in [4.78, 5) is 12.3. The first-order chi connectivity index (χ1) is 10.1. The summed E-state index contributed by atoms with van der Waals surface area (Å²) >= 11 is 0. The number of piperidine rings is 1. The van der Waals surface area contributed by atoms with E-state index < -0.39 is 0 Å². The summed E-state index contributed by atoms with van der Waals surface area (Å²) in [5.74, 6) is 0.504. The van der Waals surface area contributed by atoms with Crippen molar-refractivity contribution in [3.8, 4) is 0 Å². The zero-order valence-electron chi connectivity index (χ0n) is 12.9. The fraction of sp³-hybridized carbons (Fsp3) is 0.588. The molecule has 2 N–H and O–H groups in total. The van der Waals surface area contributed by atoms with Gasteiger partial charge in [-0.05, 0) is 56.3 Å². The lowest BCUT2D eigenvalue weighted by Gasteiger charge is -2.29. The Balaban J connectivity index is 1.82. The predicted octanol–water partition coefficient (Wildman–Crippen LogP) is 2.65. The number of carbonyl (C=O) groups excluding carboxylic acids is 1. The molecule has 1 amide bonds. The van der Waals surface area contributed by atoms with Crippen LogP contribution in [0, 0.1) is 11.7 Å². The van der Waals surface area contributed by atoms with Gasteiger partial charge in [-0.25, -0.2) is 4.39 Å². The minimum atomic E-state index is -0.229. The second-order valence-corrected chi connectivity index (χ2v) is 6.05. The Kier molecular flexibility index (Phi) is 5.74. The zero-order valence-corrected chi connectivity index (χ0v) is 12.9. The van der Waals surface area contributed by atoms with E-state index in [2.05, 4.69) is 17.6 Å². The van der Waals surface area contributed by atoms with E-state index in [-0.39, 0.29) is 23.8 Å². The lowest BCUT2D eigenvalue weighted by Crippen LogP contribution is -2.51. The topological polar surface area (TPSA) is 41.1 Å². The van der Waals surface area contributed by atoms with Gasteiger partial charge in [-0.15, -0.1) is 0 Å². The fourth-order valence-corrected chi connectivity index (χ4v) is 2.94. The molecule has 0 bridgehead atoms. The third-order valence-corrected chi connectivity index (χ3v) is 4.25. The highest BCUT2D eigenvalue weighted by Crippen LogP contribution is 2.19. The number of hydrogen-bond acceptors (Lipinski definition) is 2. The van der Waals surface area contributed by atoms with Crippen LogP contribution in [0.15, 0.2) is 24.3 Å². The summed E-state index contributed by atoms with van der Waals surface area (Å²) in [5.41, 5.74) is 1.03. The molecule has 1 heterocycles. The highest BCUT2D eigenvalue weighted by atomic mass is 19.1. The third-order valence-electron chi connectivity index (χ3n) is 4.25. The van der Waals surface area contributed by atoms with Gasteiger partial charge in [-0.2, -0.15) is 0 Å². The first kappa shape index (κ1) is 16.0. The van der Waals surface area contributed by atoms with Crippen molar-refractivity contribution in [3.05, 3.63) is 35.6 Å². The van der Waals surface area contributed by atoms with Crippen molar-refractivity contribution in [3.63, 3.8) is 0 Å². The molecule has 1 aromatic rings. The van der Waals surface area contributed by atoms with Gasteiger partial charge in [0, 0.05) is 6.04 Å². The van der Waals surface area contributed by atoms with E-state index in [1.54, 1.807) is 12.1 Å². The first-order valence-electron chi connectivity index (χ1n) is 7.86. The van der Waals surface area contributed by atoms with Crippen LogP contribution in [0.25, 0.3) is 0 Å². The molecular formula is C17H25FN2O. The molecule has 0 saturated carbocycles. The van der Waals surface area contributed by atoms with Crippen molar-refractivity contribution in [1.29, 1.82) is 0 Å². The van der Waals surface area contributed by atoms with Gasteiger partial charge in [0.2, 0.25) is 5.91 Å². The van der Waals surface area contributed by atoms with Gasteiger partial charge in [0.1, 0.15) is 5.82 Å². The van der Waals surface area contributed by atoms with Crippen LogP contribution in [0.2, 0.25) is 0 Å². The summed E-state index contributed by atoms with van der Waals surface area (Å²) < 4.78 is 12.9. The van der Waals surface area contributed by atoms with Crippen LogP contribution in [0.5, 0.6) is 0 Å². The highest BCUT2D eigenvalue weighted by molar-refractivity contribution is 5.82. The molecule has 4 heteroatoms. The Hall–Kier alpha value is -1.42. The van der Waals surface area contributed by atoms with Crippen molar-refractivity contribution < 1.29 is 9.18 Å². The molecule has 1 saturated heterocycles. The van der Waals surface area contributed by atoms with Crippen LogP contribution >= 0.6 is 0 Å². The van der Waals surface area contributed by atoms with Gasteiger partial charge in [-0.1, -0.05) is 25.5 Å². The summed E-state index contributed by atoms with van der Waals surface area (Å²) in [6, 6.07) is 6.43. The monoisotopic (exact) mass is 292 g/mol. The molecule has 0 spiro atoms. The van der Waals surface area contributed by atoms with E-state index in [1.807, 2.05) is 6.92 Å². The Labute approximate surface area is 126 Å². The number of rotatable bonds is 5. The van der Waals surface area contributed by atoms with Crippen LogP contribution in [-0.2, 0) is 11.2 Å². The number of benzene rings is 1. The van der Waals surface area contributed by atoms with E-state index in [4.69, 9.17) is 0 Å². The zero-order chi connectivity index (χ0) is 15.2. The van der Waals surface area contributed by atoms with Crippen molar-refractivity contribution in [1.82, 2.24) is 10.6 Å². The van der Waals surface area contributed by atoms with E-state index >= 15 is 0 Å². The van der Waals surface area contributed by atoms with Crippen LogP contribution in [0.1, 0.15) is 38.7 Å². The molecule has 3 nitrogen and oxygen atoms in total. The molecular weight excluding hydrogens is 267 g/mol. The Morgan fingerprint density at radius 1 is 1.43 bits per heavy atom. The molecule has 0 aromatic heterocycles. The number of carbonyl (C=O) groups is 1. The number of hydrogen-bond donors (Lipinski definition) is 2. The predicted molar refractivity (Wildman–Crippen MR) is 82.5 cm³/mol.